The Morgan fingerprint density at radius 3 is 2.96 bits per heavy atom. The van der Waals surface area contributed by atoms with Gasteiger partial charge in [0, 0.05) is 31.2 Å². The van der Waals surface area contributed by atoms with Gasteiger partial charge in [-0.3, -0.25) is 4.79 Å². The smallest absolute Gasteiger partial charge is 0.232 e. The van der Waals surface area contributed by atoms with Gasteiger partial charge in [0.2, 0.25) is 5.91 Å². The third-order valence-corrected chi connectivity index (χ3v) is 4.16. The second-order valence-electron chi connectivity index (χ2n) is 4.97. The van der Waals surface area contributed by atoms with Crippen LogP contribution in [0, 0.1) is 11.4 Å². The number of carbonyl (C=O) groups is 1. The van der Waals surface area contributed by atoms with Gasteiger partial charge in [-0.25, -0.2) is 20.5 Å². The molecule has 0 radical (unpaired) electrons. The molecular weight excluding hydrogens is 316 g/mol. The lowest BCUT2D eigenvalue weighted by atomic mass is 9.99. The predicted molar refractivity (Wildman–Crippen MR) is 87.5 cm³/mol. The molecule has 3 heterocycles. The molecule has 2 aromatic rings. The monoisotopic (exact) mass is 332 g/mol. The first-order valence-corrected chi connectivity index (χ1v) is 8.02. The van der Waals surface area contributed by atoms with E-state index in [1.54, 1.807) is 6.20 Å². The van der Waals surface area contributed by atoms with Crippen LogP contribution in [-0.4, -0.2) is 40.5 Å². The summed E-state index contributed by atoms with van der Waals surface area (Å²) in [4.78, 5) is 26.4. The largest absolute Gasteiger partial charge is 0.368 e. The summed E-state index contributed by atoms with van der Waals surface area (Å²) < 4.78 is 0. The second kappa shape index (κ2) is 6.65. The molecule has 23 heavy (non-hydrogen) atoms. The fraction of sp³-hybridized carbons (Fsp3) is 0.385. The van der Waals surface area contributed by atoms with Crippen LogP contribution in [0.5, 0.6) is 0 Å². The molecular formula is C13H16N8OS. The first-order valence-electron chi connectivity index (χ1n) is 7.14. The number of nitrogens with zero attached hydrogens (tertiary/aromatic N) is 5. The summed E-state index contributed by atoms with van der Waals surface area (Å²) in [6.07, 6.45) is 3.09. The molecule has 2 aromatic heterocycles. The van der Waals surface area contributed by atoms with Gasteiger partial charge in [0.25, 0.3) is 0 Å². The van der Waals surface area contributed by atoms with Crippen molar-refractivity contribution in [1.82, 2.24) is 15.0 Å². The van der Waals surface area contributed by atoms with Crippen molar-refractivity contribution in [3.05, 3.63) is 17.9 Å². The number of anilines is 3. The van der Waals surface area contributed by atoms with Crippen LogP contribution in [0.1, 0.15) is 6.92 Å². The Labute approximate surface area is 136 Å². The molecule has 0 bridgehead atoms. The summed E-state index contributed by atoms with van der Waals surface area (Å²) in [7, 11) is 0. The number of aromatic nitrogens is 3. The molecule has 0 atom stereocenters. The van der Waals surface area contributed by atoms with Crippen molar-refractivity contribution < 1.29 is 4.79 Å². The highest BCUT2D eigenvalue weighted by Gasteiger charge is 2.35. The third kappa shape index (κ3) is 3.11. The van der Waals surface area contributed by atoms with Crippen molar-refractivity contribution >= 4 is 39.7 Å². The first-order chi connectivity index (χ1) is 11.2. The second-order valence-corrected chi connectivity index (χ2v) is 5.86. The molecule has 3 rings (SSSR count). The van der Waals surface area contributed by atoms with E-state index in [1.165, 1.54) is 17.7 Å². The van der Waals surface area contributed by atoms with Crippen LogP contribution in [0.25, 0.3) is 0 Å². The minimum Gasteiger partial charge on any atom is -0.368 e. The van der Waals surface area contributed by atoms with E-state index < -0.39 is 0 Å². The van der Waals surface area contributed by atoms with E-state index in [-0.39, 0.29) is 11.8 Å². The van der Waals surface area contributed by atoms with Crippen molar-refractivity contribution in [1.29, 1.82) is 5.53 Å². The van der Waals surface area contributed by atoms with Gasteiger partial charge in [-0.05, 0) is 6.92 Å². The summed E-state index contributed by atoms with van der Waals surface area (Å²) in [6.45, 7) is 3.68. The lowest BCUT2D eigenvalue weighted by Gasteiger charge is -2.39. The molecule has 0 spiro atoms. The maximum Gasteiger partial charge on any atom is 0.232 e. The molecule has 0 saturated carbocycles. The van der Waals surface area contributed by atoms with Crippen molar-refractivity contribution in [2.75, 3.05) is 35.2 Å². The minimum absolute atomic E-state index is 0.0541. The van der Waals surface area contributed by atoms with Crippen LogP contribution in [0.15, 0.2) is 23.0 Å². The van der Waals surface area contributed by atoms with Crippen LogP contribution in [0.2, 0.25) is 0 Å². The Balaban J connectivity index is 1.66. The zero-order valence-electron chi connectivity index (χ0n) is 12.5. The molecule has 0 aliphatic carbocycles. The van der Waals surface area contributed by atoms with Crippen LogP contribution in [0.4, 0.5) is 22.5 Å². The highest BCUT2D eigenvalue weighted by Crippen LogP contribution is 2.36. The fourth-order valence-electron chi connectivity index (χ4n) is 2.31. The minimum atomic E-state index is -0.130. The molecule has 1 aliphatic rings. The van der Waals surface area contributed by atoms with Crippen molar-refractivity contribution in [3.63, 3.8) is 0 Å². The highest BCUT2D eigenvalue weighted by molar-refractivity contribution is 7.13. The predicted octanol–water partition coefficient (Wildman–Crippen LogP) is 2.10. The first kappa shape index (κ1) is 15.3. The molecule has 9 nitrogen and oxygen atoms in total. The summed E-state index contributed by atoms with van der Waals surface area (Å²) in [5.41, 5.74) is 7.75. The molecule has 120 valence electrons. The van der Waals surface area contributed by atoms with E-state index in [4.69, 9.17) is 5.53 Å². The molecule has 3 N–H and O–H groups in total. The van der Waals surface area contributed by atoms with Gasteiger partial charge in [0.1, 0.15) is 6.33 Å². The zero-order valence-corrected chi connectivity index (χ0v) is 13.3. The summed E-state index contributed by atoms with van der Waals surface area (Å²) in [5.74, 6) is 0.920. The van der Waals surface area contributed by atoms with Crippen LogP contribution < -0.4 is 15.5 Å². The van der Waals surface area contributed by atoms with E-state index in [9.17, 15) is 4.79 Å². The molecule has 1 aliphatic heterocycles. The lowest BCUT2D eigenvalue weighted by molar-refractivity contribution is -0.120. The van der Waals surface area contributed by atoms with E-state index in [0.29, 0.717) is 42.1 Å². The molecule has 0 unspecified atom stereocenters. The number of nitrogens with one attached hydrogen (secondary N) is 3. The number of rotatable bonds is 6. The average molecular weight is 332 g/mol. The Kier molecular flexibility index (Phi) is 4.42. The van der Waals surface area contributed by atoms with E-state index in [1.807, 2.05) is 17.2 Å². The number of thiazole rings is 1. The summed E-state index contributed by atoms with van der Waals surface area (Å²) in [6, 6.07) is 0. The van der Waals surface area contributed by atoms with Gasteiger partial charge < -0.3 is 15.5 Å². The Morgan fingerprint density at radius 1 is 1.48 bits per heavy atom. The topological polar surface area (TPSA) is 119 Å². The van der Waals surface area contributed by atoms with Gasteiger partial charge in [0.15, 0.2) is 22.5 Å². The number of amides is 1. The van der Waals surface area contributed by atoms with E-state index in [0.717, 1.165) is 0 Å². The fourth-order valence-corrected chi connectivity index (χ4v) is 2.84. The van der Waals surface area contributed by atoms with Gasteiger partial charge in [0.05, 0.1) is 5.92 Å². The molecule has 10 heteroatoms. The number of carbonyl (C=O) groups excluding carboxylic acids is 1. The van der Waals surface area contributed by atoms with Gasteiger partial charge in [-0.15, -0.1) is 11.3 Å². The Hall–Kier alpha value is -2.62. The normalized spacial score (nSPS) is 14.2. The average Bonchev–Trinajstić information content (AvgIpc) is 2.99. The standard InChI is InChI=1S/C13H16N8OS/c1-2-15-10-9(20-14)11(18-7-17-10)21-5-8(6-21)12(22)19-13-16-3-4-23-13/h3-4,7-8,14H,2,5-6H2,1H3,(H,15,17,18)(H,16,19,22). The van der Waals surface area contributed by atoms with Crippen LogP contribution in [-0.2, 0) is 4.79 Å². The highest BCUT2D eigenvalue weighted by atomic mass is 32.1. The Bertz CT molecular complexity index is 698. The maximum absolute atomic E-state index is 12.1. The summed E-state index contributed by atoms with van der Waals surface area (Å²) >= 11 is 1.39. The number of hydrogen-bond donors (Lipinski definition) is 3. The third-order valence-electron chi connectivity index (χ3n) is 3.47. The van der Waals surface area contributed by atoms with Crippen LogP contribution >= 0.6 is 11.3 Å². The summed E-state index contributed by atoms with van der Waals surface area (Å²) in [5, 5.41) is 11.8. The number of hydrogen-bond acceptors (Lipinski definition) is 9. The van der Waals surface area contributed by atoms with E-state index >= 15 is 0 Å². The molecule has 1 amide bonds. The van der Waals surface area contributed by atoms with Crippen molar-refractivity contribution in [3.8, 4) is 0 Å². The van der Waals surface area contributed by atoms with Gasteiger partial charge >= 0.3 is 0 Å². The zero-order chi connectivity index (χ0) is 16.2. The van der Waals surface area contributed by atoms with Gasteiger partial charge in [-0.2, -0.15) is 5.11 Å². The SMILES string of the molecule is CCNc1ncnc(N2CC(C(=O)Nc3nccs3)C2)c1N=N. The van der Waals surface area contributed by atoms with E-state index in [2.05, 4.69) is 30.7 Å². The van der Waals surface area contributed by atoms with Crippen LogP contribution in [0.3, 0.4) is 0 Å². The van der Waals surface area contributed by atoms with Crippen molar-refractivity contribution in [2.45, 2.75) is 6.92 Å². The van der Waals surface area contributed by atoms with Gasteiger partial charge in [-0.1, -0.05) is 0 Å². The quantitative estimate of drug-likeness (QED) is 0.697. The maximum atomic E-state index is 12.1. The Morgan fingerprint density at radius 2 is 2.30 bits per heavy atom. The molecule has 1 fully saturated rings. The molecule has 0 aromatic carbocycles. The lowest BCUT2D eigenvalue weighted by Crippen LogP contribution is -2.52. The van der Waals surface area contributed by atoms with Crippen molar-refractivity contribution in [2.24, 2.45) is 11.0 Å². The molecule has 1 saturated heterocycles.